The van der Waals surface area contributed by atoms with Crippen molar-refractivity contribution in [2.45, 2.75) is 32.4 Å². The van der Waals surface area contributed by atoms with Gasteiger partial charge in [0.2, 0.25) is 5.91 Å². The maximum atomic E-state index is 11.6. The van der Waals surface area contributed by atoms with Gasteiger partial charge < -0.3 is 15.3 Å². The van der Waals surface area contributed by atoms with Crippen molar-refractivity contribution in [2.75, 3.05) is 19.7 Å². The molecule has 0 aromatic heterocycles. The van der Waals surface area contributed by atoms with E-state index in [1.807, 2.05) is 13.8 Å². The van der Waals surface area contributed by atoms with Gasteiger partial charge in [0.25, 0.3) is 0 Å². The first-order chi connectivity index (χ1) is 6.15. The molecule has 1 atom stereocenters. The van der Waals surface area contributed by atoms with Crippen molar-refractivity contribution in [1.82, 2.24) is 10.2 Å². The smallest absolute Gasteiger partial charge is 0.239 e. The molecule has 0 saturated carbocycles. The second kappa shape index (κ2) is 4.58. The summed E-state index contributed by atoms with van der Waals surface area (Å²) in [4.78, 5) is 13.3. The van der Waals surface area contributed by atoms with Gasteiger partial charge in [-0.25, -0.2) is 0 Å². The minimum atomic E-state index is -0.0356. The number of carbonyl (C=O) groups excluding carboxylic acids is 1. The van der Waals surface area contributed by atoms with Gasteiger partial charge in [-0.05, 0) is 6.42 Å². The van der Waals surface area contributed by atoms with Crippen LogP contribution in [0.5, 0.6) is 0 Å². The van der Waals surface area contributed by atoms with Crippen molar-refractivity contribution < 1.29 is 9.90 Å². The number of hydrogen-bond acceptors (Lipinski definition) is 3. The lowest BCUT2D eigenvalue weighted by molar-refractivity contribution is -0.129. The zero-order valence-corrected chi connectivity index (χ0v) is 8.29. The van der Waals surface area contributed by atoms with Gasteiger partial charge in [0.15, 0.2) is 0 Å². The van der Waals surface area contributed by atoms with Crippen LogP contribution in [0.1, 0.15) is 20.3 Å². The predicted molar refractivity (Wildman–Crippen MR) is 50.3 cm³/mol. The van der Waals surface area contributed by atoms with Crippen molar-refractivity contribution in [3.8, 4) is 0 Å². The lowest BCUT2D eigenvalue weighted by atomic mass is 10.2. The Morgan fingerprint density at radius 2 is 2.38 bits per heavy atom. The number of carbonyl (C=O) groups is 1. The van der Waals surface area contributed by atoms with Crippen molar-refractivity contribution in [3.63, 3.8) is 0 Å². The highest BCUT2D eigenvalue weighted by molar-refractivity contribution is 5.83. The summed E-state index contributed by atoms with van der Waals surface area (Å²) in [5.74, 6) is 0.128. The summed E-state index contributed by atoms with van der Waals surface area (Å²) in [6, 6.07) is 0.301. The molecule has 0 radical (unpaired) electrons. The number of aliphatic hydroxyl groups is 1. The lowest BCUT2D eigenvalue weighted by Gasteiger charge is -2.17. The third-order valence-corrected chi connectivity index (χ3v) is 2.20. The van der Waals surface area contributed by atoms with Crippen LogP contribution in [0.4, 0.5) is 0 Å². The normalized spacial score (nSPS) is 23.2. The average Bonchev–Trinajstić information content (AvgIpc) is 2.36. The van der Waals surface area contributed by atoms with E-state index in [0.29, 0.717) is 12.6 Å². The van der Waals surface area contributed by atoms with Gasteiger partial charge in [-0.1, -0.05) is 13.8 Å². The Morgan fingerprint density at radius 3 is 2.92 bits per heavy atom. The highest BCUT2D eigenvalue weighted by Crippen LogP contribution is 2.10. The highest BCUT2D eigenvalue weighted by atomic mass is 16.3. The molecule has 0 aliphatic carbocycles. The largest absolute Gasteiger partial charge is 0.395 e. The molecule has 1 aliphatic rings. The monoisotopic (exact) mass is 186 g/mol. The van der Waals surface area contributed by atoms with Crippen LogP contribution < -0.4 is 5.32 Å². The molecule has 4 nitrogen and oxygen atoms in total. The first-order valence-electron chi connectivity index (χ1n) is 4.81. The molecule has 13 heavy (non-hydrogen) atoms. The fraction of sp³-hybridized carbons (Fsp3) is 0.889. The van der Waals surface area contributed by atoms with Crippen molar-refractivity contribution in [1.29, 1.82) is 0 Å². The first kappa shape index (κ1) is 10.5. The summed E-state index contributed by atoms with van der Waals surface area (Å²) in [5.41, 5.74) is 0. The van der Waals surface area contributed by atoms with Crippen LogP contribution in [0.25, 0.3) is 0 Å². The Balaban J connectivity index is 2.40. The summed E-state index contributed by atoms with van der Waals surface area (Å²) in [7, 11) is 0. The van der Waals surface area contributed by atoms with Gasteiger partial charge in [0.05, 0.1) is 12.6 Å². The SMILES string of the molecule is CC(C)NC1CCN(CCO)C1=O. The Morgan fingerprint density at radius 1 is 1.69 bits per heavy atom. The van der Waals surface area contributed by atoms with Gasteiger partial charge in [-0.2, -0.15) is 0 Å². The molecule has 0 spiro atoms. The maximum Gasteiger partial charge on any atom is 0.239 e. The summed E-state index contributed by atoms with van der Waals surface area (Å²) in [5, 5.41) is 11.9. The van der Waals surface area contributed by atoms with Crippen LogP contribution in [-0.2, 0) is 4.79 Å². The van der Waals surface area contributed by atoms with E-state index in [9.17, 15) is 4.79 Å². The van der Waals surface area contributed by atoms with E-state index >= 15 is 0 Å². The molecule has 76 valence electrons. The highest BCUT2D eigenvalue weighted by Gasteiger charge is 2.30. The van der Waals surface area contributed by atoms with Crippen LogP contribution in [0.3, 0.4) is 0 Å². The summed E-state index contributed by atoms with van der Waals surface area (Å²) >= 11 is 0. The zero-order valence-electron chi connectivity index (χ0n) is 8.29. The molecule has 0 bridgehead atoms. The number of amides is 1. The van der Waals surface area contributed by atoms with E-state index in [-0.39, 0.29) is 18.6 Å². The molecule has 0 aromatic rings. The van der Waals surface area contributed by atoms with Crippen molar-refractivity contribution in [2.24, 2.45) is 0 Å². The molecule has 1 unspecified atom stereocenters. The molecule has 1 amide bonds. The predicted octanol–water partition coefficient (Wildman–Crippen LogP) is -0.422. The Labute approximate surface area is 78.9 Å². The van der Waals surface area contributed by atoms with Gasteiger partial charge in [0, 0.05) is 19.1 Å². The number of rotatable bonds is 4. The Hall–Kier alpha value is -0.610. The second-order valence-electron chi connectivity index (χ2n) is 3.71. The summed E-state index contributed by atoms with van der Waals surface area (Å²) in [6.07, 6.45) is 0.858. The number of β-amino-alcohol motifs (C(OH)–C–C–N with tert-alkyl or cyclic N) is 1. The standard InChI is InChI=1S/C9H18N2O2/c1-7(2)10-8-3-4-11(5-6-12)9(8)13/h7-8,10,12H,3-6H2,1-2H3. The van der Waals surface area contributed by atoms with Crippen molar-refractivity contribution in [3.05, 3.63) is 0 Å². The number of nitrogens with one attached hydrogen (secondary N) is 1. The topological polar surface area (TPSA) is 52.6 Å². The van der Waals surface area contributed by atoms with Crippen LogP contribution in [-0.4, -0.2) is 47.7 Å². The molecule has 1 saturated heterocycles. The number of nitrogens with zero attached hydrogens (tertiary/aromatic N) is 1. The lowest BCUT2D eigenvalue weighted by Crippen LogP contribution is -2.42. The molecule has 1 rings (SSSR count). The number of aliphatic hydroxyl groups excluding tert-OH is 1. The molecule has 1 fully saturated rings. The summed E-state index contributed by atoms with van der Waals surface area (Å²) in [6.45, 7) is 5.35. The fourth-order valence-corrected chi connectivity index (χ4v) is 1.64. The molecule has 0 aromatic carbocycles. The Bertz CT molecular complexity index is 182. The van der Waals surface area contributed by atoms with Crippen LogP contribution in [0.2, 0.25) is 0 Å². The molecular weight excluding hydrogens is 168 g/mol. The van der Waals surface area contributed by atoms with E-state index in [0.717, 1.165) is 13.0 Å². The maximum absolute atomic E-state index is 11.6. The second-order valence-corrected chi connectivity index (χ2v) is 3.71. The van der Waals surface area contributed by atoms with E-state index in [2.05, 4.69) is 5.32 Å². The number of likely N-dealkylation sites (tertiary alicyclic amines) is 1. The quantitative estimate of drug-likeness (QED) is 0.627. The van der Waals surface area contributed by atoms with Gasteiger partial charge in [-0.15, -0.1) is 0 Å². The van der Waals surface area contributed by atoms with E-state index < -0.39 is 0 Å². The van der Waals surface area contributed by atoms with E-state index in [4.69, 9.17) is 5.11 Å². The third-order valence-electron chi connectivity index (χ3n) is 2.20. The molecule has 2 N–H and O–H groups in total. The van der Waals surface area contributed by atoms with Crippen LogP contribution in [0.15, 0.2) is 0 Å². The minimum Gasteiger partial charge on any atom is -0.395 e. The minimum absolute atomic E-state index is 0.0356. The van der Waals surface area contributed by atoms with Gasteiger partial charge >= 0.3 is 0 Å². The molecule has 1 aliphatic heterocycles. The molecule has 1 heterocycles. The van der Waals surface area contributed by atoms with Gasteiger partial charge in [0.1, 0.15) is 0 Å². The van der Waals surface area contributed by atoms with Gasteiger partial charge in [-0.3, -0.25) is 4.79 Å². The average molecular weight is 186 g/mol. The number of hydrogen-bond donors (Lipinski definition) is 2. The molecule has 4 heteroatoms. The first-order valence-corrected chi connectivity index (χ1v) is 4.81. The fourth-order valence-electron chi connectivity index (χ4n) is 1.64. The molecular formula is C9H18N2O2. The van der Waals surface area contributed by atoms with Crippen LogP contribution in [0, 0.1) is 0 Å². The van der Waals surface area contributed by atoms with Crippen LogP contribution >= 0.6 is 0 Å². The van der Waals surface area contributed by atoms with E-state index in [1.165, 1.54) is 0 Å². The summed E-state index contributed by atoms with van der Waals surface area (Å²) < 4.78 is 0. The Kier molecular flexibility index (Phi) is 3.69. The third kappa shape index (κ3) is 2.67. The zero-order chi connectivity index (χ0) is 9.84. The van der Waals surface area contributed by atoms with Crippen molar-refractivity contribution >= 4 is 5.91 Å². The van der Waals surface area contributed by atoms with E-state index in [1.54, 1.807) is 4.90 Å².